The van der Waals surface area contributed by atoms with Crippen LogP contribution in [0.1, 0.15) is 24.8 Å². The second kappa shape index (κ2) is 7.63. The zero-order valence-electron chi connectivity index (χ0n) is 15.5. The number of Topliss-reactive ketones (excluding diaryl/α,β-unsaturated/α-hetero) is 1. The van der Waals surface area contributed by atoms with Crippen LogP contribution in [0.5, 0.6) is 5.88 Å². The zero-order valence-corrected chi connectivity index (χ0v) is 16.3. The molecule has 2 heterocycles. The fourth-order valence-corrected chi connectivity index (χ4v) is 4.60. The molecule has 4 rings (SSSR count). The van der Waals surface area contributed by atoms with Crippen LogP contribution in [0.2, 0.25) is 0 Å². The molecule has 0 spiro atoms. The molecule has 0 fully saturated rings. The molecule has 2 aliphatic rings. The van der Waals surface area contributed by atoms with Gasteiger partial charge in [-0.15, -0.1) is 0 Å². The summed E-state index contributed by atoms with van der Waals surface area (Å²) < 4.78 is 10.6. The van der Waals surface area contributed by atoms with E-state index in [1.165, 1.54) is 25.2 Å². The maximum atomic E-state index is 13.4. The van der Waals surface area contributed by atoms with Gasteiger partial charge in [-0.05, 0) is 12.5 Å². The number of fused-ring (bicyclic) bond motifs is 1. The Morgan fingerprint density at radius 2 is 2.07 bits per heavy atom. The summed E-state index contributed by atoms with van der Waals surface area (Å²) in [4.78, 5) is 35.1. The highest BCUT2D eigenvalue weighted by Crippen LogP contribution is 2.50. The van der Waals surface area contributed by atoms with Crippen LogP contribution in [0.3, 0.4) is 0 Å². The Hall–Kier alpha value is -2.87. The van der Waals surface area contributed by atoms with Crippen molar-refractivity contribution >= 4 is 29.2 Å². The third-order valence-electron chi connectivity index (χ3n) is 4.80. The van der Waals surface area contributed by atoms with Gasteiger partial charge in [0.05, 0.1) is 30.5 Å². The average Bonchev–Trinajstić information content (AvgIpc) is 2.73. The van der Waals surface area contributed by atoms with Crippen LogP contribution in [0.4, 0.5) is 5.69 Å². The Labute approximate surface area is 166 Å². The lowest BCUT2D eigenvalue weighted by Gasteiger charge is -2.34. The number of methoxy groups -OCH3 is 1. The number of carbonyl (C=O) groups excluding carboxylic acids is 2. The summed E-state index contributed by atoms with van der Waals surface area (Å²) in [7, 11) is 1.53. The molecule has 7 nitrogen and oxygen atoms in total. The van der Waals surface area contributed by atoms with Crippen molar-refractivity contribution in [3.8, 4) is 5.88 Å². The quantitative estimate of drug-likeness (QED) is 0.622. The molecule has 1 aromatic carbocycles. The van der Waals surface area contributed by atoms with Crippen LogP contribution in [0.15, 0.2) is 52.3 Å². The lowest BCUT2D eigenvalue weighted by Crippen LogP contribution is -2.36. The first-order valence-corrected chi connectivity index (χ1v) is 9.78. The van der Waals surface area contributed by atoms with Crippen molar-refractivity contribution < 1.29 is 19.1 Å². The van der Waals surface area contributed by atoms with E-state index in [1.54, 1.807) is 6.92 Å². The molecule has 0 radical (unpaired) electrons. The van der Waals surface area contributed by atoms with E-state index in [9.17, 15) is 9.59 Å². The minimum atomic E-state index is -0.598. The molecule has 144 valence electrons. The summed E-state index contributed by atoms with van der Waals surface area (Å²) in [5.41, 5.74) is 2.10. The van der Waals surface area contributed by atoms with Crippen LogP contribution >= 0.6 is 11.8 Å². The van der Waals surface area contributed by atoms with E-state index in [1.807, 2.05) is 30.3 Å². The minimum Gasteiger partial charge on any atom is -0.479 e. The Bertz CT molecular complexity index is 961. The van der Waals surface area contributed by atoms with Crippen molar-refractivity contribution in [1.82, 2.24) is 9.97 Å². The number of carbonyl (C=O) groups is 2. The molecular weight excluding hydrogens is 378 g/mol. The third kappa shape index (κ3) is 3.13. The number of anilines is 1. The minimum absolute atomic E-state index is 0.105. The van der Waals surface area contributed by atoms with E-state index < -0.39 is 11.8 Å². The van der Waals surface area contributed by atoms with E-state index in [0.29, 0.717) is 33.6 Å². The molecule has 2 unspecified atom stereocenters. The van der Waals surface area contributed by atoms with Gasteiger partial charge >= 0.3 is 5.97 Å². The normalized spacial score (nSPS) is 20.7. The molecule has 2 aromatic rings. The lowest BCUT2D eigenvalue weighted by molar-refractivity contribution is -0.150. The van der Waals surface area contributed by atoms with Gasteiger partial charge in [-0.25, -0.2) is 4.98 Å². The number of hydrogen-bond donors (Lipinski definition) is 1. The van der Waals surface area contributed by atoms with Crippen LogP contribution in [-0.4, -0.2) is 35.4 Å². The molecule has 0 saturated heterocycles. The first-order valence-electron chi connectivity index (χ1n) is 8.96. The maximum Gasteiger partial charge on any atom is 0.310 e. The van der Waals surface area contributed by atoms with Gasteiger partial charge in [0.25, 0.3) is 0 Å². The highest BCUT2D eigenvalue weighted by Gasteiger charge is 2.45. The molecule has 1 aliphatic carbocycles. The molecule has 1 aromatic heterocycles. The largest absolute Gasteiger partial charge is 0.479 e. The molecule has 0 amide bonds. The number of hydrogen-bond acceptors (Lipinski definition) is 8. The van der Waals surface area contributed by atoms with Crippen molar-refractivity contribution in [1.29, 1.82) is 0 Å². The second-order valence-corrected chi connectivity index (χ2v) is 7.41. The van der Waals surface area contributed by atoms with E-state index in [4.69, 9.17) is 9.47 Å². The van der Waals surface area contributed by atoms with Gasteiger partial charge in [-0.3, -0.25) is 9.59 Å². The van der Waals surface area contributed by atoms with Gasteiger partial charge in [0.15, 0.2) is 5.78 Å². The molecule has 8 heteroatoms. The highest BCUT2D eigenvalue weighted by molar-refractivity contribution is 8.04. The van der Waals surface area contributed by atoms with Crippen LogP contribution in [-0.2, 0) is 14.3 Å². The summed E-state index contributed by atoms with van der Waals surface area (Å²) >= 11 is 1.29. The van der Waals surface area contributed by atoms with E-state index in [2.05, 4.69) is 15.3 Å². The van der Waals surface area contributed by atoms with Gasteiger partial charge in [0.1, 0.15) is 17.0 Å². The number of nitrogens with zero attached hydrogens (tertiary/aromatic N) is 2. The number of nitrogens with one attached hydrogen (secondary N) is 1. The number of esters is 1. The van der Waals surface area contributed by atoms with Crippen LogP contribution in [0, 0.1) is 5.92 Å². The molecule has 28 heavy (non-hydrogen) atoms. The predicted molar refractivity (Wildman–Crippen MR) is 104 cm³/mol. The number of ketones is 1. The molecular formula is C20H19N3O4S. The van der Waals surface area contributed by atoms with Gasteiger partial charge in [0.2, 0.25) is 5.88 Å². The molecule has 2 atom stereocenters. The number of rotatable bonds is 4. The van der Waals surface area contributed by atoms with Crippen molar-refractivity contribution in [3.05, 3.63) is 52.8 Å². The molecule has 0 bridgehead atoms. The summed E-state index contributed by atoms with van der Waals surface area (Å²) in [5.74, 6) is -1.26. The Balaban J connectivity index is 1.76. The van der Waals surface area contributed by atoms with Crippen molar-refractivity contribution in [3.63, 3.8) is 0 Å². The molecule has 0 saturated carbocycles. The van der Waals surface area contributed by atoms with Crippen LogP contribution in [0.25, 0.3) is 0 Å². The Morgan fingerprint density at radius 1 is 1.29 bits per heavy atom. The van der Waals surface area contributed by atoms with Crippen molar-refractivity contribution in [2.45, 2.75) is 24.3 Å². The molecule has 1 N–H and O–H groups in total. The summed E-state index contributed by atoms with van der Waals surface area (Å²) in [6, 6.07) is 9.38. The standard InChI is InChI=1S/C20H19N3O4S/c1-3-27-20(25)12-9-13-17(16(24)14(12)11-7-5-4-6-8-11)28-19-15(23-13)18(26-2)21-10-22-19/h4-8,10,12,14,23H,3,9H2,1-2H3. The monoisotopic (exact) mass is 397 g/mol. The fraction of sp³-hybridized carbons (Fsp3) is 0.300. The smallest absolute Gasteiger partial charge is 0.310 e. The summed E-state index contributed by atoms with van der Waals surface area (Å²) in [5, 5.41) is 3.85. The Kier molecular flexibility index (Phi) is 5.04. The first kappa shape index (κ1) is 18.5. The van der Waals surface area contributed by atoms with E-state index in [0.717, 1.165) is 5.56 Å². The summed E-state index contributed by atoms with van der Waals surface area (Å²) in [6.45, 7) is 2.03. The Morgan fingerprint density at radius 3 is 2.79 bits per heavy atom. The number of thioether (sulfide) groups is 1. The number of benzene rings is 1. The van der Waals surface area contributed by atoms with Gasteiger partial charge < -0.3 is 14.8 Å². The van der Waals surface area contributed by atoms with Crippen molar-refractivity contribution in [2.24, 2.45) is 5.92 Å². The van der Waals surface area contributed by atoms with Gasteiger partial charge in [-0.2, -0.15) is 4.98 Å². The fourth-order valence-electron chi connectivity index (χ4n) is 3.58. The van der Waals surface area contributed by atoms with E-state index in [-0.39, 0.29) is 18.4 Å². The number of aromatic nitrogens is 2. The SMILES string of the molecule is CCOC(=O)C1CC2=C(Sc3ncnc(OC)c3N2)C(=O)C1c1ccccc1. The maximum absolute atomic E-state index is 13.4. The number of ether oxygens (including phenoxy) is 2. The first-order chi connectivity index (χ1) is 13.6. The lowest BCUT2D eigenvalue weighted by atomic mass is 9.76. The average molecular weight is 397 g/mol. The van der Waals surface area contributed by atoms with Crippen LogP contribution < -0.4 is 10.1 Å². The molecule has 1 aliphatic heterocycles. The number of allylic oxidation sites excluding steroid dienone is 2. The van der Waals surface area contributed by atoms with Gasteiger partial charge in [-0.1, -0.05) is 42.1 Å². The van der Waals surface area contributed by atoms with Crippen molar-refractivity contribution in [2.75, 3.05) is 19.0 Å². The summed E-state index contributed by atoms with van der Waals surface area (Å²) in [6.07, 6.45) is 1.77. The van der Waals surface area contributed by atoms with E-state index >= 15 is 0 Å². The van der Waals surface area contributed by atoms with Gasteiger partial charge in [0, 0.05) is 12.1 Å². The topological polar surface area (TPSA) is 90.4 Å². The highest BCUT2D eigenvalue weighted by atomic mass is 32.2. The second-order valence-electron chi connectivity index (χ2n) is 6.41. The zero-order chi connectivity index (χ0) is 19.7. The third-order valence-corrected chi connectivity index (χ3v) is 5.96. The predicted octanol–water partition coefficient (Wildman–Crippen LogP) is 3.15.